The first kappa shape index (κ1) is 15.7. The van der Waals surface area contributed by atoms with Gasteiger partial charge < -0.3 is 10.2 Å². The summed E-state index contributed by atoms with van der Waals surface area (Å²) in [6.45, 7) is 0.359. The first-order valence-electron chi connectivity index (χ1n) is 7.58. The number of nitrogens with one attached hydrogen (secondary N) is 1. The van der Waals surface area contributed by atoms with Crippen LogP contribution in [0.4, 0.5) is 5.69 Å². The normalized spacial score (nSPS) is 10.6. The minimum Gasteiger partial charge on any atom is -0.379 e. The molecule has 0 saturated carbocycles. The van der Waals surface area contributed by atoms with E-state index in [4.69, 9.17) is 0 Å². The third-order valence-corrected chi connectivity index (χ3v) is 3.65. The van der Waals surface area contributed by atoms with Crippen LogP contribution < -0.4 is 10.9 Å². The highest BCUT2D eigenvalue weighted by molar-refractivity contribution is 5.99. The summed E-state index contributed by atoms with van der Waals surface area (Å²) in [7, 11) is 3.43. The van der Waals surface area contributed by atoms with Crippen LogP contribution in [-0.4, -0.2) is 34.3 Å². The maximum atomic E-state index is 12.2. The number of hydrogen-bond acceptors (Lipinski definition) is 4. The van der Waals surface area contributed by atoms with Gasteiger partial charge in [-0.15, -0.1) is 0 Å². The van der Waals surface area contributed by atoms with E-state index in [0.717, 1.165) is 0 Å². The van der Waals surface area contributed by atoms with E-state index in [1.165, 1.54) is 15.4 Å². The molecular weight excluding hydrogens is 304 g/mol. The maximum absolute atomic E-state index is 12.2. The van der Waals surface area contributed by atoms with Gasteiger partial charge in [0.05, 0.1) is 17.8 Å². The van der Waals surface area contributed by atoms with E-state index < -0.39 is 0 Å². The second kappa shape index (κ2) is 6.54. The molecule has 0 aliphatic carbocycles. The fraction of sp³-hybridized carbons (Fsp3) is 0.167. The summed E-state index contributed by atoms with van der Waals surface area (Å²) in [4.78, 5) is 30.3. The van der Waals surface area contributed by atoms with Gasteiger partial charge in [0.1, 0.15) is 5.65 Å². The molecule has 0 saturated heterocycles. The third kappa shape index (κ3) is 3.12. The van der Waals surface area contributed by atoms with Gasteiger partial charge >= 0.3 is 0 Å². The molecule has 0 spiro atoms. The molecule has 24 heavy (non-hydrogen) atoms. The van der Waals surface area contributed by atoms with E-state index in [2.05, 4.69) is 10.3 Å². The molecule has 122 valence electrons. The highest BCUT2D eigenvalue weighted by Crippen LogP contribution is 2.17. The minimum atomic E-state index is -0.130. The average molecular weight is 322 g/mol. The summed E-state index contributed by atoms with van der Waals surface area (Å²) in [5.74, 6) is -0.0790. The van der Waals surface area contributed by atoms with Crippen LogP contribution in [0.2, 0.25) is 0 Å². The van der Waals surface area contributed by atoms with Gasteiger partial charge in [0.15, 0.2) is 0 Å². The Morgan fingerprint density at radius 1 is 1.17 bits per heavy atom. The van der Waals surface area contributed by atoms with Crippen LogP contribution in [0.3, 0.4) is 0 Å². The number of fused-ring (bicyclic) bond motifs is 1. The number of benzene rings is 1. The highest BCUT2D eigenvalue weighted by atomic mass is 16.2. The van der Waals surface area contributed by atoms with Gasteiger partial charge in [-0.3, -0.25) is 14.0 Å². The smallest absolute Gasteiger partial charge is 0.258 e. The van der Waals surface area contributed by atoms with Crippen molar-refractivity contribution in [1.29, 1.82) is 0 Å². The molecule has 1 amide bonds. The molecule has 2 heterocycles. The Morgan fingerprint density at radius 2 is 1.92 bits per heavy atom. The van der Waals surface area contributed by atoms with Gasteiger partial charge in [0, 0.05) is 32.0 Å². The first-order chi connectivity index (χ1) is 11.6. The van der Waals surface area contributed by atoms with Gasteiger partial charge in [0.2, 0.25) is 0 Å². The van der Waals surface area contributed by atoms with E-state index in [1.54, 1.807) is 38.5 Å². The van der Waals surface area contributed by atoms with Gasteiger partial charge in [-0.2, -0.15) is 0 Å². The fourth-order valence-corrected chi connectivity index (χ4v) is 2.44. The third-order valence-electron chi connectivity index (χ3n) is 3.65. The van der Waals surface area contributed by atoms with E-state index in [1.807, 2.05) is 24.3 Å². The number of nitrogens with zero attached hydrogens (tertiary/aromatic N) is 3. The van der Waals surface area contributed by atoms with Crippen molar-refractivity contribution in [3.8, 4) is 0 Å². The lowest BCUT2D eigenvalue weighted by atomic mass is 10.1. The lowest BCUT2D eigenvalue weighted by molar-refractivity contribution is 0.0828. The Kier molecular flexibility index (Phi) is 4.29. The molecule has 1 aromatic carbocycles. The summed E-state index contributed by atoms with van der Waals surface area (Å²) in [5.41, 5.74) is 2.39. The van der Waals surface area contributed by atoms with Crippen LogP contribution in [0.15, 0.2) is 59.5 Å². The number of aromatic nitrogens is 2. The second-order valence-corrected chi connectivity index (χ2v) is 5.61. The van der Waals surface area contributed by atoms with E-state index >= 15 is 0 Å². The largest absolute Gasteiger partial charge is 0.379 e. The molecule has 2 aromatic heterocycles. The van der Waals surface area contributed by atoms with Gasteiger partial charge in [-0.1, -0.05) is 18.2 Å². The van der Waals surface area contributed by atoms with Crippen LogP contribution in [-0.2, 0) is 6.54 Å². The zero-order valence-electron chi connectivity index (χ0n) is 13.6. The number of carbonyl (C=O) groups excluding carboxylic acids is 1. The number of hydrogen-bond donors (Lipinski definition) is 1. The van der Waals surface area contributed by atoms with Crippen LogP contribution in [0, 0.1) is 0 Å². The van der Waals surface area contributed by atoms with Crippen molar-refractivity contribution in [2.45, 2.75) is 6.54 Å². The summed E-state index contributed by atoms with van der Waals surface area (Å²) < 4.78 is 1.49. The van der Waals surface area contributed by atoms with Gasteiger partial charge in [-0.05, 0) is 24.3 Å². The molecule has 3 aromatic rings. The quantitative estimate of drug-likeness (QED) is 0.798. The van der Waals surface area contributed by atoms with Crippen LogP contribution >= 0.6 is 0 Å². The highest BCUT2D eigenvalue weighted by Gasteiger charge is 2.12. The molecule has 0 unspecified atom stereocenters. The van der Waals surface area contributed by atoms with Crippen molar-refractivity contribution in [3.63, 3.8) is 0 Å². The Labute approximate surface area is 139 Å². The molecule has 0 atom stereocenters. The standard InChI is InChI=1S/C18H18N4O2/c1-21(2)18(24)14-7-3-4-8-15(14)19-12-13-11-17(23)22-10-6-5-9-16(22)20-13/h3-11,19H,12H2,1-2H3. The summed E-state index contributed by atoms with van der Waals surface area (Å²) in [5, 5.41) is 3.20. The lowest BCUT2D eigenvalue weighted by Gasteiger charge is -2.15. The monoisotopic (exact) mass is 322 g/mol. The van der Waals surface area contributed by atoms with E-state index in [-0.39, 0.29) is 11.5 Å². The summed E-state index contributed by atoms with van der Waals surface area (Å²) in [6, 6.07) is 14.2. The number of rotatable bonds is 4. The van der Waals surface area contributed by atoms with Crippen molar-refractivity contribution in [2.75, 3.05) is 19.4 Å². The number of anilines is 1. The van der Waals surface area contributed by atoms with Crippen molar-refractivity contribution >= 4 is 17.2 Å². The van der Waals surface area contributed by atoms with E-state index in [9.17, 15) is 9.59 Å². The first-order valence-corrected chi connectivity index (χ1v) is 7.58. The second-order valence-electron chi connectivity index (χ2n) is 5.61. The van der Waals surface area contributed by atoms with Crippen LogP contribution in [0.1, 0.15) is 16.1 Å². The zero-order chi connectivity index (χ0) is 17.1. The van der Waals surface area contributed by atoms with Crippen molar-refractivity contribution in [3.05, 3.63) is 76.3 Å². The zero-order valence-corrected chi connectivity index (χ0v) is 13.6. The van der Waals surface area contributed by atoms with Gasteiger partial charge in [0.25, 0.3) is 11.5 Å². The number of carbonyl (C=O) groups is 1. The van der Waals surface area contributed by atoms with Crippen LogP contribution in [0.25, 0.3) is 5.65 Å². The topological polar surface area (TPSA) is 66.7 Å². The molecule has 0 bridgehead atoms. The molecule has 0 fully saturated rings. The number of para-hydroxylation sites is 1. The Hall–Kier alpha value is -3.15. The maximum Gasteiger partial charge on any atom is 0.258 e. The van der Waals surface area contributed by atoms with Crippen molar-refractivity contribution in [1.82, 2.24) is 14.3 Å². The number of pyridine rings is 1. The molecule has 0 aliphatic rings. The molecular formula is C18H18N4O2. The minimum absolute atomic E-state index is 0.0790. The summed E-state index contributed by atoms with van der Waals surface area (Å²) >= 11 is 0. The Morgan fingerprint density at radius 3 is 2.71 bits per heavy atom. The predicted octanol–water partition coefficient (Wildman–Crippen LogP) is 2.01. The SMILES string of the molecule is CN(C)C(=O)c1ccccc1NCc1cc(=O)n2ccccc2n1. The van der Waals surface area contributed by atoms with Crippen LogP contribution in [0.5, 0.6) is 0 Å². The molecule has 6 nitrogen and oxygen atoms in total. The number of amides is 1. The molecule has 1 N–H and O–H groups in total. The average Bonchev–Trinajstić information content (AvgIpc) is 2.59. The summed E-state index contributed by atoms with van der Waals surface area (Å²) in [6.07, 6.45) is 1.69. The van der Waals surface area contributed by atoms with E-state index in [0.29, 0.717) is 29.1 Å². The fourth-order valence-electron chi connectivity index (χ4n) is 2.44. The molecule has 6 heteroatoms. The van der Waals surface area contributed by atoms with Crippen molar-refractivity contribution < 1.29 is 4.79 Å². The molecule has 3 rings (SSSR count). The Bertz CT molecular complexity index is 947. The predicted molar refractivity (Wildman–Crippen MR) is 93.2 cm³/mol. The van der Waals surface area contributed by atoms with Crippen molar-refractivity contribution in [2.24, 2.45) is 0 Å². The van der Waals surface area contributed by atoms with Gasteiger partial charge in [-0.25, -0.2) is 4.98 Å². The molecule has 0 aliphatic heterocycles. The lowest BCUT2D eigenvalue weighted by Crippen LogP contribution is -2.23. The molecule has 0 radical (unpaired) electrons. The Balaban J connectivity index is 1.87.